The van der Waals surface area contributed by atoms with Crippen molar-refractivity contribution in [3.8, 4) is 11.5 Å². The van der Waals surface area contributed by atoms with E-state index in [1.165, 1.54) is 25.5 Å². The van der Waals surface area contributed by atoms with Gasteiger partial charge in [-0.25, -0.2) is 9.37 Å². The monoisotopic (exact) mass is 278 g/mol. The molecule has 5 nitrogen and oxygen atoms in total. The first-order valence-electron chi connectivity index (χ1n) is 6.04. The number of likely N-dealkylation sites (N-methyl/N-ethyl adjacent to an activating group) is 1. The molecule has 0 bridgehead atoms. The van der Waals surface area contributed by atoms with Crippen molar-refractivity contribution in [1.82, 2.24) is 9.88 Å². The lowest BCUT2D eigenvalue weighted by atomic mass is 10.2. The number of oxazole rings is 1. The number of halogens is 1. The minimum absolute atomic E-state index is 0.176. The van der Waals surface area contributed by atoms with E-state index in [9.17, 15) is 9.18 Å². The Morgan fingerprint density at radius 3 is 2.75 bits per heavy atom. The molecule has 20 heavy (non-hydrogen) atoms. The fourth-order valence-corrected chi connectivity index (χ4v) is 1.72. The lowest BCUT2D eigenvalue weighted by molar-refractivity contribution is -0.141. The number of rotatable bonds is 5. The van der Waals surface area contributed by atoms with Gasteiger partial charge < -0.3 is 9.15 Å². The van der Waals surface area contributed by atoms with Crippen LogP contribution in [0.25, 0.3) is 11.5 Å². The molecule has 0 amide bonds. The van der Waals surface area contributed by atoms with E-state index in [-0.39, 0.29) is 18.3 Å². The summed E-state index contributed by atoms with van der Waals surface area (Å²) in [6.45, 7) is 0.634. The summed E-state index contributed by atoms with van der Waals surface area (Å²) in [5.41, 5.74) is 1.39. The van der Waals surface area contributed by atoms with Crippen molar-refractivity contribution in [3.63, 3.8) is 0 Å². The van der Waals surface area contributed by atoms with Gasteiger partial charge in [0.25, 0.3) is 0 Å². The summed E-state index contributed by atoms with van der Waals surface area (Å²) >= 11 is 0. The number of ether oxygens (including phenoxy) is 1. The number of aromatic nitrogens is 1. The molecule has 0 saturated heterocycles. The Labute approximate surface area is 116 Å². The summed E-state index contributed by atoms with van der Waals surface area (Å²) < 4.78 is 22.8. The van der Waals surface area contributed by atoms with Gasteiger partial charge in [0.15, 0.2) is 0 Å². The molecule has 1 heterocycles. The van der Waals surface area contributed by atoms with Crippen LogP contribution < -0.4 is 0 Å². The van der Waals surface area contributed by atoms with Crippen LogP contribution in [-0.2, 0) is 16.1 Å². The summed E-state index contributed by atoms with van der Waals surface area (Å²) in [7, 11) is 3.13. The van der Waals surface area contributed by atoms with Crippen molar-refractivity contribution >= 4 is 5.97 Å². The maximum atomic E-state index is 12.8. The molecule has 1 aromatic carbocycles. The molecule has 0 radical (unpaired) electrons. The van der Waals surface area contributed by atoms with E-state index in [2.05, 4.69) is 9.72 Å². The first-order valence-corrected chi connectivity index (χ1v) is 6.04. The largest absolute Gasteiger partial charge is 0.468 e. The average molecular weight is 278 g/mol. The van der Waals surface area contributed by atoms with E-state index >= 15 is 0 Å². The fourth-order valence-electron chi connectivity index (χ4n) is 1.72. The van der Waals surface area contributed by atoms with Crippen molar-refractivity contribution in [1.29, 1.82) is 0 Å². The minimum Gasteiger partial charge on any atom is -0.468 e. The first-order chi connectivity index (χ1) is 9.58. The summed E-state index contributed by atoms with van der Waals surface area (Å²) in [5.74, 6) is -0.195. The van der Waals surface area contributed by atoms with Gasteiger partial charge in [0.1, 0.15) is 12.1 Å². The Balaban J connectivity index is 2.02. The van der Waals surface area contributed by atoms with Gasteiger partial charge in [-0.2, -0.15) is 0 Å². The van der Waals surface area contributed by atoms with Gasteiger partial charge in [0.2, 0.25) is 5.89 Å². The molecule has 0 spiro atoms. The van der Waals surface area contributed by atoms with Gasteiger partial charge in [-0.3, -0.25) is 9.69 Å². The van der Waals surface area contributed by atoms with Crippen LogP contribution in [0.3, 0.4) is 0 Å². The maximum Gasteiger partial charge on any atom is 0.319 e. The Kier molecular flexibility index (Phi) is 4.47. The third-order valence-electron chi connectivity index (χ3n) is 2.70. The number of methoxy groups -OCH3 is 1. The third-order valence-corrected chi connectivity index (χ3v) is 2.70. The number of hydrogen-bond donors (Lipinski definition) is 0. The van der Waals surface area contributed by atoms with E-state index in [0.717, 1.165) is 0 Å². The minimum atomic E-state index is -0.310. The first kappa shape index (κ1) is 14.2. The zero-order valence-electron chi connectivity index (χ0n) is 11.3. The van der Waals surface area contributed by atoms with E-state index < -0.39 is 0 Å². The van der Waals surface area contributed by atoms with E-state index in [1.807, 2.05) is 0 Å². The van der Waals surface area contributed by atoms with Crippen molar-refractivity contribution in [2.45, 2.75) is 6.54 Å². The molecule has 0 aliphatic rings. The fraction of sp³-hybridized carbons (Fsp3) is 0.286. The molecule has 0 aliphatic heterocycles. The smallest absolute Gasteiger partial charge is 0.319 e. The van der Waals surface area contributed by atoms with Crippen LogP contribution in [0.5, 0.6) is 0 Å². The summed E-state index contributed by atoms with van der Waals surface area (Å²) in [5, 5.41) is 0. The lowest BCUT2D eigenvalue weighted by Crippen LogP contribution is -2.26. The van der Waals surface area contributed by atoms with Crippen LogP contribution in [-0.4, -0.2) is 36.6 Å². The molecule has 1 aromatic heterocycles. The van der Waals surface area contributed by atoms with E-state index in [0.29, 0.717) is 23.7 Å². The highest BCUT2D eigenvalue weighted by Crippen LogP contribution is 2.19. The SMILES string of the molecule is COC(=O)CN(C)Cc1coc(-c2ccc(F)cc2)n1. The zero-order valence-corrected chi connectivity index (χ0v) is 11.3. The molecule has 0 aliphatic carbocycles. The van der Waals surface area contributed by atoms with Gasteiger partial charge in [0, 0.05) is 12.1 Å². The molecule has 0 N–H and O–H groups in total. The number of esters is 1. The molecule has 0 saturated carbocycles. The molecule has 106 valence electrons. The van der Waals surface area contributed by atoms with Gasteiger partial charge in [-0.1, -0.05) is 0 Å². The topological polar surface area (TPSA) is 55.6 Å². The van der Waals surface area contributed by atoms with Crippen LogP contribution in [0.2, 0.25) is 0 Å². The van der Waals surface area contributed by atoms with Crippen molar-refractivity contribution in [2.24, 2.45) is 0 Å². The van der Waals surface area contributed by atoms with Crippen molar-refractivity contribution in [2.75, 3.05) is 20.7 Å². The third kappa shape index (κ3) is 3.64. The van der Waals surface area contributed by atoms with Crippen LogP contribution in [0.4, 0.5) is 4.39 Å². The number of nitrogens with zero attached hydrogens (tertiary/aromatic N) is 2. The Bertz CT molecular complexity index is 580. The number of benzene rings is 1. The van der Waals surface area contributed by atoms with Crippen LogP contribution in [0, 0.1) is 5.82 Å². The molecule has 2 rings (SSSR count). The van der Waals surface area contributed by atoms with Crippen LogP contribution >= 0.6 is 0 Å². The quantitative estimate of drug-likeness (QED) is 0.784. The second-order valence-electron chi connectivity index (χ2n) is 4.40. The highest BCUT2D eigenvalue weighted by molar-refractivity contribution is 5.71. The Morgan fingerprint density at radius 2 is 2.10 bits per heavy atom. The predicted octanol–water partition coefficient (Wildman–Crippen LogP) is 2.09. The van der Waals surface area contributed by atoms with E-state index in [4.69, 9.17) is 4.42 Å². The van der Waals surface area contributed by atoms with Gasteiger partial charge in [0.05, 0.1) is 19.3 Å². The number of carbonyl (C=O) groups excluding carboxylic acids is 1. The number of hydrogen-bond acceptors (Lipinski definition) is 5. The summed E-state index contributed by atoms with van der Waals surface area (Å²) in [6, 6.07) is 5.90. The molecule has 0 atom stereocenters. The second kappa shape index (κ2) is 6.29. The predicted molar refractivity (Wildman–Crippen MR) is 70.2 cm³/mol. The van der Waals surface area contributed by atoms with Crippen molar-refractivity contribution in [3.05, 3.63) is 42.0 Å². The molecule has 0 fully saturated rings. The highest BCUT2D eigenvalue weighted by atomic mass is 19.1. The zero-order chi connectivity index (χ0) is 14.5. The molecule has 0 unspecified atom stereocenters. The highest BCUT2D eigenvalue weighted by Gasteiger charge is 2.11. The molecular weight excluding hydrogens is 263 g/mol. The molecular formula is C14H15FN2O3. The Hall–Kier alpha value is -2.21. The summed E-state index contributed by atoms with van der Waals surface area (Å²) in [6.07, 6.45) is 1.52. The van der Waals surface area contributed by atoms with Crippen molar-refractivity contribution < 1.29 is 18.3 Å². The molecule has 6 heteroatoms. The molecule has 2 aromatic rings. The average Bonchev–Trinajstić information content (AvgIpc) is 2.87. The maximum absolute atomic E-state index is 12.8. The van der Waals surface area contributed by atoms with E-state index in [1.54, 1.807) is 24.1 Å². The van der Waals surface area contributed by atoms with Crippen LogP contribution in [0.1, 0.15) is 5.69 Å². The van der Waals surface area contributed by atoms with Gasteiger partial charge >= 0.3 is 5.97 Å². The Morgan fingerprint density at radius 1 is 1.40 bits per heavy atom. The van der Waals surface area contributed by atoms with Gasteiger partial charge in [-0.15, -0.1) is 0 Å². The lowest BCUT2D eigenvalue weighted by Gasteiger charge is -2.12. The standard InChI is InChI=1S/C14H15FN2O3/c1-17(8-13(18)19-2)7-12-9-20-14(16-12)10-3-5-11(15)6-4-10/h3-6,9H,7-8H2,1-2H3. The van der Waals surface area contributed by atoms with Gasteiger partial charge in [-0.05, 0) is 31.3 Å². The number of carbonyl (C=O) groups is 1. The normalized spacial score (nSPS) is 10.8. The van der Waals surface area contributed by atoms with Crippen LogP contribution in [0.15, 0.2) is 34.9 Å². The second-order valence-corrected chi connectivity index (χ2v) is 4.40. The summed E-state index contributed by atoms with van der Waals surface area (Å²) in [4.78, 5) is 17.2.